The molecule has 2 fully saturated rings. The third kappa shape index (κ3) is 2.97. The van der Waals surface area contributed by atoms with E-state index in [9.17, 15) is 0 Å². The maximum absolute atomic E-state index is 3.58. The van der Waals surface area contributed by atoms with Crippen molar-refractivity contribution in [2.24, 2.45) is 0 Å². The molecule has 0 amide bonds. The van der Waals surface area contributed by atoms with Crippen molar-refractivity contribution < 1.29 is 0 Å². The van der Waals surface area contributed by atoms with Gasteiger partial charge in [0.15, 0.2) is 0 Å². The standard InChI is InChI=1S/C12H22PSe/c14-13(11-7-3-1-4-8-11)12-9-5-2-6-10-12/h11-12H,1-10H2. The molecule has 0 aromatic rings. The Morgan fingerprint density at radius 1 is 0.643 bits per heavy atom. The van der Waals surface area contributed by atoms with Gasteiger partial charge in [0.25, 0.3) is 0 Å². The molecule has 0 aromatic carbocycles. The average Bonchev–Trinajstić information content (AvgIpc) is 2.30. The topological polar surface area (TPSA) is 0 Å². The first-order valence-electron chi connectivity index (χ1n) is 6.33. The molecule has 2 saturated carbocycles. The van der Waals surface area contributed by atoms with Crippen molar-refractivity contribution in [2.45, 2.75) is 75.5 Å². The van der Waals surface area contributed by atoms with E-state index in [-0.39, 0.29) is 6.61 Å². The summed E-state index contributed by atoms with van der Waals surface area (Å²) in [6.07, 6.45) is 15.2. The maximum atomic E-state index is 3.58. The predicted octanol–water partition coefficient (Wildman–Crippen LogP) is 4.22. The van der Waals surface area contributed by atoms with Gasteiger partial charge in [0.1, 0.15) is 0 Å². The van der Waals surface area contributed by atoms with Crippen LogP contribution in [0.25, 0.3) is 0 Å². The van der Waals surface area contributed by atoms with Crippen LogP contribution in [0.2, 0.25) is 0 Å². The van der Waals surface area contributed by atoms with Crippen LogP contribution in [0.5, 0.6) is 0 Å². The zero-order valence-corrected chi connectivity index (χ0v) is 11.7. The van der Waals surface area contributed by atoms with Gasteiger partial charge in [-0.3, -0.25) is 0 Å². The van der Waals surface area contributed by atoms with E-state index in [0.29, 0.717) is 0 Å². The molecule has 0 N–H and O–H groups in total. The molecular weight excluding hydrogens is 254 g/mol. The Morgan fingerprint density at radius 2 is 1.00 bits per heavy atom. The molecule has 0 nitrogen and oxygen atoms in total. The molecule has 1 radical (unpaired) electrons. The SMILES string of the molecule is [Se]P(C1CCCCC1)C1CCCCC1. The second-order valence-corrected chi connectivity index (χ2v) is 9.78. The molecule has 14 heavy (non-hydrogen) atoms. The monoisotopic (exact) mass is 277 g/mol. The van der Waals surface area contributed by atoms with Gasteiger partial charge in [-0.05, 0) is 0 Å². The van der Waals surface area contributed by atoms with Crippen LogP contribution in [0.15, 0.2) is 0 Å². The molecule has 0 aromatic heterocycles. The Morgan fingerprint density at radius 3 is 1.36 bits per heavy atom. The normalized spacial score (nSPS) is 27.0. The van der Waals surface area contributed by atoms with Gasteiger partial charge in [-0.1, -0.05) is 0 Å². The zero-order valence-electron chi connectivity index (χ0n) is 9.08. The van der Waals surface area contributed by atoms with Crippen LogP contribution in [-0.2, 0) is 0 Å². The molecule has 0 spiro atoms. The Bertz CT molecular complexity index is 142. The molecular formula is C12H22PSe. The Labute approximate surface area is 97.8 Å². The van der Waals surface area contributed by atoms with Crippen LogP contribution in [0.3, 0.4) is 0 Å². The van der Waals surface area contributed by atoms with Crippen LogP contribution < -0.4 is 0 Å². The van der Waals surface area contributed by atoms with Crippen LogP contribution in [0.4, 0.5) is 0 Å². The van der Waals surface area contributed by atoms with E-state index in [1.807, 2.05) is 0 Å². The second-order valence-electron chi connectivity index (χ2n) is 4.94. The van der Waals surface area contributed by atoms with Gasteiger partial charge < -0.3 is 0 Å². The first-order chi connectivity index (χ1) is 6.88. The van der Waals surface area contributed by atoms with Crippen molar-refractivity contribution in [3.63, 3.8) is 0 Å². The van der Waals surface area contributed by atoms with Gasteiger partial charge in [-0.15, -0.1) is 0 Å². The fourth-order valence-corrected chi connectivity index (χ4v) is 7.97. The molecule has 2 aliphatic rings. The summed E-state index contributed by atoms with van der Waals surface area (Å²) in [6.45, 7) is 0.258. The summed E-state index contributed by atoms with van der Waals surface area (Å²) < 4.78 is 0. The van der Waals surface area contributed by atoms with E-state index in [0.717, 1.165) is 11.3 Å². The molecule has 0 aliphatic heterocycles. The predicted molar refractivity (Wildman–Crippen MR) is 66.4 cm³/mol. The molecule has 2 aliphatic carbocycles. The van der Waals surface area contributed by atoms with Crippen LogP contribution in [0.1, 0.15) is 64.2 Å². The summed E-state index contributed by atoms with van der Waals surface area (Å²) in [4.78, 5) is 0. The van der Waals surface area contributed by atoms with E-state index < -0.39 is 0 Å². The quantitative estimate of drug-likeness (QED) is 0.523. The van der Waals surface area contributed by atoms with Crippen molar-refractivity contribution in [2.75, 3.05) is 0 Å². The van der Waals surface area contributed by atoms with Crippen molar-refractivity contribution in [1.29, 1.82) is 0 Å². The molecule has 0 unspecified atom stereocenters. The summed E-state index contributed by atoms with van der Waals surface area (Å²) in [5, 5.41) is 0. The Balaban J connectivity index is 1.82. The minimum atomic E-state index is 0.258. The van der Waals surface area contributed by atoms with Gasteiger partial charge in [0, 0.05) is 0 Å². The van der Waals surface area contributed by atoms with Crippen LogP contribution in [0, 0.1) is 0 Å². The van der Waals surface area contributed by atoms with Gasteiger partial charge in [-0.2, -0.15) is 0 Å². The third-order valence-corrected chi connectivity index (χ3v) is 10.1. The van der Waals surface area contributed by atoms with Gasteiger partial charge in [0.05, 0.1) is 0 Å². The van der Waals surface area contributed by atoms with E-state index in [2.05, 4.69) is 15.6 Å². The number of rotatable bonds is 2. The molecule has 2 heteroatoms. The fraction of sp³-hybridized carbons (Fsp3) is 1.00. The summed E-state index contributed by atoms with van der Waals surface area (Å²) in [7, 11) is 0. The summed E-state index contributed by atoms with van der Waals surface area (Å²) >= 11 is 3.58. The van der Waals surface area contributed by atoms with Crippen molar-refractivity contribution in [1.82, 2.24) is 0 Å². The van der Waals surface area contributed by atoms with Gasteiger partial charge in [-0.25, -0.2) is 0 Å². The first kappa shape index (κ1) is 11.4. The van der Waals surface area contributed by atoms with Crippen LogP contribution in [-0.4, -0.2) is 26.9 Å². The second kappa shape index (κ2) is 5.88. The molecule has 0 atom stereocenters. The third-order valence-electron chi connectivity index (χ3n) is 3.87. The average molecular weight is 276 g/mol. The minimum absolute atomic E-state index is 0.258. The van der Waals surface area contributed by atoms with Gasteiger partial charge >= 0.3 is 97.7 Å². The summed E-state index contributed by atoms with van der Waals surface area (Å²) in [6, 6.07) is 0. The number of hydrogen-bond acceptors (Lipinski definition) is 0. The molecule has 0 heterocycles. The van der Waals surface area contributed by atoms with E-state index >= 15 is 0 Å². The number of hydrogen-bond donors (Lipinski definition) is 0. The van der Waals surface area contributed by atoms with E-state index in [1.54, 1.807) is 0 Å². The van der Waals surface area contributed by atoms with Gasteiger partial charge in [0.2, 0.25) is 0 Å². The van der Waals surface area contributed by atoms with E-state index in [4.69, 9.17) is 0 Å². The van der Waals surface area contributed by atoms with E-state index in [1.165, 1.54) is 64.2 Å². The summed E-state index contributed by atoms with van der Waals surface area (Å²) in [5.41, 5.74) is 2.20. The zero-order chi connectivity index (χ0) is 9.80. The van der Waals surface area contributed by atoms with Crippen molar-refractivity contribution in [3.8, 4) is 0 Å². The molecule has 0 saturated heterocycles. The van der Waals surface area contributed by atoms with Crippen molar-refractivity contribution >= 4 is 22.2 Å². The molecule has 81 valence electrons. The first-order valence-corrected chi connectivity index (χ1v) is 10.0. The van der Waals surface area contributed by atoms with Crippen molar-refractivity contribution in [3.05, 3.63) is 0 Å². The molecule has 0 bridgehead atoms. The summed E-state index contributed by atoms with van der Waals surface area (Å²) in [5.74, 6) is 0. The molecule has 2 rings (SSSR count). The fourth-order valence-electron chi connectivity index (χ4n) is 2.97. The Kier molecular flexibility index (Phi) is 4.80. The van der Waals surface area contributed by atoms with Crippen LogP contribution >= 0.6 is 6.61 Å². The Hall–Kier alpha value is 0.949.